The number of amides is 12. The lowest BCUT2D eigenvalue weighted by Gasteiger charge is -2.21. The summed E-state index contributed by atoms with van der Waals surface area (Å²) in [6.45, 7) is -12.4. The zero-order valence-corrected chi connectivity index (χ0v) is 36.5. The Morgan fingerprint density at radius 1 is 0.382 bits per heavy atom. The third-order valence-electron chi connectivity index (χ3n) is 7.95. The highest BCUT2D eigenvalue weighted by molar-refractivity contribution is 5.95. The molecule has 0 atom stereocenters. The molecule has 0 radical (unpaired) electrons. The standard InChI is InChI=1S/C35H54N14O19/c1-37-7-22(52)43-11-30(60)49(20-35(67)68)17-28(58)41-9-24(54)45-13-32(62)48(19-34(65)66)16-26(56)39-3-2-38-25(55)15-47(18-33(63)64)31(61)12-44-23(53)8-40-27(57)14-46(4-5-50)29(59)10-42-21(51)6-36/h5,37H,2-4,6-20,36H2,1H3,(H,38,55)(H,39,56)(H,40,57)(H,41,58)(H,42,51)(H,43,52)(H,44,53)(H,45,54)(H,63,64)(H,65,66)(H,67,68). The molecule has 0 aromatic heterocycles. The van der Waals surface area contributed by atoms with Crippen LogP contribution < -0.4 is 53.6 Å². The van der Waals surface area contributed by atoms with Gasteiger partial charge in [-0.2, -0.15) is 0 Å². The number of rotatable bonds is 34. The number of nitrogens with zero attached hydrogens (tertiary/aromatic N) is 4. The second kappa shape index (κ2) is 33.2. The third kappa shape index (κ3) is 28.4. The smallest absolute Gasteiger partial charge is 0.323 e. The summed E-state index contributed by atoms with van der Waals surface area (Å²) in [6, 6.07) is 0. The van der Waals surface area contributed by atoms with Gasteiger partial charge in [0.15, 0.2) is 0 Å². The van der Waals surface area contributed by atoms with Gasteiger partial charge in [0.2, 0.25) is 70.9 Å². The summed E-state index contributed by atoms with van der Waals surface area (Å²) in [5.41, 5.74) is 5.12. The molecule has 0 unspecified atom stereocenters. The van der Waals surface area contributed by atoms with Crippen molar-refractivity contribution in [3.05, 3.63) is 0 Å². The van der Waals surface area contributed by atoms with E-state index in [2.05, 4.69) is 47.9 Å². The molecule has 0 saturated carbocycles. The Balaban J connectivity index is 4.96. The summed E-state index contributed by atoms with van der Waals surface area (Å²) in [7, 11) is 1.47. The number of likely N-dealkylation sites (N-methyl/N-ethyl adjacent to an activating group) is 1. The average Bonchev–Trinajstić information content (AvgIpc) is 3.26. The number of aliphatic carboxylic acids is 3. The van der Waals surface area contributed by atoms with E-state index in [0.717, 1.165) is 4.90 Å². The average molecular weight is 975 g/mol. The largest absolute Gasteiger partial charge is 0.480 e. The molecule has 0 rings (SSSR count). The molecule has 14 N–H and O–H groups in total. The van der Waals surface area contributed by atoms with Crippen molar-refractivity contribution >= 4 is 95.1 Å². The maximum Gasteiger partial charge on any atom is 0.323 e. The minimum atomic E-state index is -1.55. The molecule has 0 heterocycles. The topological polar surface area (TPSA) is 481 Å². The first kappa shape index (κ1) is 59.6. The predicted octanol–water partition coefficient (Wildman–Crippen LogP) is -12.1. The fourth-order valence-corrected chi connectivity index (χ4v) is 4.77. The van der Waals surface area contributed by atoms with Crippen molar-refractivity contribution in [2.45, 2.75) is 0 Å². The zero-order chi connectivity index (χ0) is 51.8. The van der Waals surface area contributed by atoms with Crippen LogP contribution >= 0.6 is 0 Å². The van der Waals surface area contributed by atoms with Crippen LogP contribution in [0.5, 0.6) is 0 Å². The Morgan fingerprint density at radius 2 is 0.662 bits per heavy atom. The number of hydrogen-bond acceptors (Lipinski definition) is 18. The first-order valence-electron chi connectivity index (χ1n) is 19.7. The third-order valence-corrected chi connectivity index (χ3v) is 7.95. The van der Waals surface area contributed by atoms with Crippen LogP contribution in [0.25, 0.3) is 0 Å². The van der Waals surface area contributed by atoms with Gasteiger partial charge in [-0.1, -0.05) is 0 Å². The van der Waals surface area contributed by atoms with Crippen LogP contribution in [-0.4, -0.2) is 255 Å². The van der Waals surface area contributed by atoms with Gasteiger partial charge in [-0.05, 0) is 7.05 Å². The summed E-state index contributed by atoms with van der Waals surface area (Å²) in [4.78, 5) is 194. The van der Waals surface area contributed by atoms with Crippen LogP contribution in [0.4, 0.5) is 0 Å². The van der Waals surface area contributed by atoms with Crippen LogP contribution in [0.3, 0.4) is 0 Å². The van der Waals surface area contributed by atoms with Gasteiger partial charge in [-0.15, -0.1) is 0 Å². The van der Waals surface area contributed by atoms with Gasteiger partial charge in [0.05, 0.1) is 58.9 Å². The number of hydrogen-bond donors (Lipinski definition) is 13. The Bertz CT molecular complexity index is 1900. The van der Waals surface area contributed by atoms with Gasteiger partial charge in [0.25, 0.3) is 0 Å². The van der Waals surface area contributed by atoms with Crippen LogP contribution in [0.1, 0.15) is 0 Å². The Morgan fingerprint density at radius 3 is 0.971 bits per heavy atom. The monoisotopic (exact) mass is 974 g/mol. The van der Waals surface area contributed by atoms with Crippen molar-refractivity contribution < 1.29 is 92.0 Å². The van der Waals surface area contributed by atoms with Crippen molar-refractivity contribution in [3.63, 3.8) is 0 Å². The molecule has 378 valence electrons. The van der Waals surface area contributed by atoms with Gasteiger partial charge >= 0.3 is 17.9 Å². The highest BCUT2D eigenvalue weighted by atomic mass is 16.4. The predicted molar refractivity (Wildman–Crippen MR) is 222 cm³/mol. The molecule has 33 heteroatoms. The van der Waals surface area contributed by atoms with Crippen molar-refractivity contribution in [2.24, 2.45) is 5.73 Å². The van der Waals surface area contributed by atoms with Crippen LogP contribution in [0, 0.1) is 0 Å². The summed E-state index contributed by atoms with van der Waals surface area (Å²) in [5.74, 6) is -15.4. The Labute approximate surface area is 384 Å². The number of nitrogens with two attached hydrogens (primary N) is 1. The summed E-state index contributed by atoms with van der Waals surface area (Å²) >= 11 is 0. The number of aldehydes is 1. The molecule has 0 aliphatic rings. The SMILES string of the molecule is CNCC(=O)NCC(=O)N(CC(=O)O)CC(=O)NCC(=O)NCC(=O)N(CC(=O)O)CC(=O)NCCNC(=O)CN(CC(=O)O)C(=O)CNC(=O)CNC(=O)CN(CC=O)C(=O)CNC(=O)CN. The second-order valence-corrected chi connectivity index (χ2v) is 13.5. The van der Waals surface area contributed by atoms with E-state index in [1.165, 1.54) is 7.05 Å². The van der Waals surface area contributed by atoms with Gasteiger partial charge in [-0.3, -0.25) is 71.9 Å². The van der Waals surface area contributed by atoms with Crippen molar-refractivity contribution in [1.82, 2.24) is 67.5 Å². The first-order valence-corrected chi connectivity index (χ1v) is 19.7. The molecule has 0 saturated heterocycles. The van der Waals surface area contributed by atoms with E-state index >= 15 is 0 Å². The molecule has 0 aromatic carbocycles. The van der Waals surface area contributed by atoms with Gasteiger partial charge < -0.3 is 93.3 Å². The van der Waals surface area contributed by atoms with Crippen LogP contribution in [0.2, 0.25) is 0 Å². The maximum absolute atomic E-state index is 12.7. The molecular formula is C35H54N14O19. The minimum absolute atomic E-state index is 0.145. The molecule has 0 aliphatic carbocycles. The first-order chi connectivity index (χ1) is 32.0. The fourth-order valence-electron chi connectivity index (χ4n) is 4.77. The van der Waals surface area contributed by atoms with E-state index < -0.39 is 187 Å². The summed E-state index contributed by atoms with van der Waals surface area (Å²) < 4.78 is 0. The van der Waals surface area contributed by atoms with E-state index in [9.17, 15) is 86.9 Å². The molecule has 0 fully saturated rings. The molecule has 68 heavy (non-hydrogen) atoms. The lowest BCUT2D eigenvalue weighted by molar-refractivity contribution is -0.146. The number of carbonyl (C=O) groups is 16. The lowest BCUT2D eigenvalue weighted by Crippen LogP contribution is -2.50. The number of carboxylic acids is 3. The molecule has 0 spiro atoms. The van der Waals surface area contributed by atoms with Crippen LogP contribution in [0.15, 0.2) is 0 Å². The van der Waals surface area contributed by atoms with Crippen molar-refractivity contribution in [2.75, 3.05) is 125 Å². The lowest BCUT2D eigenvalue weighted by atomic mass is 10.3. The van der Waals surface area contributed by atoms with E-state index in [-0.39, 0.29) is 19.6 Å². The van der Waals surface area contributed by atoms with Gasteiger partial charge in [0, 0.05) is 13.1 Å². The van der Waals surface area contributed by atoms with E-state index in [1.54, 1.807) is 0 Å². The van der Waals surface area contributed by atoms with Crippen molar-refractivity contribution in [3.8, 4) is 0 Å². The fraction of sp³-hybridized carbons (Fsp3) is 0.543. The molecule has 0 aromatic rings. The molecule has 0 bridgehead atoms. The Hall–Kier alpha value is -8.36. The van der Waals surface area contributed by atoms with Crippen LogP contribution in [-0.2, 0) is 76.7 Å². The molecule has 0 aliphatic heterocycles. The number of carboxylic acid groups (broad SMARTS) is 3. The molecular weight excluding hydrogens is 920 g/mol. The molecule has 33 nitrogen and oxygen atoms in total. The molecule has 12 amide bonds. The number of nitrogens with one attached hydrogen (secondary N) is 9. The van der Waals surface area contributed by atoms with Gasteiger partial charge in [0.1, 0.15) is 52.1 Å². The zero-order valence-electron chi connectivity index (χ0n) is 36.5. The normalized spacial score (nSPS) is 10.1. The van der Waals surface area contributed by atoms with E-state index in [0.29, 0.717) is 21.0 Å². The van der Waals surface area contributed by atoms with Crippen molar-refractivity contribution in [1.29, 1.82) is 0 Å². The Kier molecular flexibility index (Phi) is 29.1. The highest BCUT2D eigenvalue weighted by Gasteiger charge is 2.24. The summed E-state index contributed by atoms with van der Waals surface area (Å²) in [6.07, 6.45) is 0.313. The van der Waals surface area contributed by atoms with E-state index in [1.807, 2.05) is 0 Å². The quantitative estimate of drug-likeness (QED) is 0.0210. The highest BCUT2D eigenvalue weighted by Crippen LogP contribution is 1.94. The summed E-state index contributed by atoms with van der Waals surface area (Å²) in [5, 5.41) is 47.4. The minimum Gasteiger partial charge on any atom is -0.480 e. The maximum atomic E-state index is 12.7. The number of carbonyl (C=O) groups excluding carboxylic acids is 13. The van der Waals surface area contributed by atoms with E-state index in [4.69, 9.17) is 10.8 Å². The second-order valence-electron chi connectivity index (χ2n) is 13.5. The van der Waals surface area contributed by atoms with Gasteiger partial charge in [-0.25, -0.2) is 0 Å².